The number of esters is 1. The predicted molar refractivity (Wildman–Crippen MR) is 93.0 cm³/mol. The SMILES string of the molecule is COC(=O)[C@@H](C)O[C@H]1[C@H](O)[C@@H](CO)OC(O)(C2O[C@H](CO)[C@@H](O)[C@H](O)[C@H]2N)[C@@H]1N. The van der Waals surface area contributed by atoms with Gasteiger partial charge in [0, 0.05) is 0 Å². The zero-order valence-corrected chi connectivity index (χ0v) is 16.1. The average molecular weight is 426 g/mol. The Morgan fingerprint density at radius 1 is 1.10 bits per heavy atom. The van der Waals surface area contributed by atoms with Crippen molar-refractivity contribution < 1.29 is 54.4 Å². The van der Waals surface area contributed by atoms with E-state index in [1.165, 1.54) is 6.92 Å². The fourth-order valence-corrected chi connectivity index (χ4v) is 3.58. The van der Waals surface area contributed by atoms with E-state index in [-0.39, 0.29) is 0 Å². The van der Waals surface area contributed by atoms with Crippen LogP contribution in [0.25, 0.3) is 0 Å². The number of hydrogen-bond donors (Lipinski definition) is 8. The van der Waals surface area contributed by atoms with Crippen LogP contribution in [0.15, 0.2) is 0 Å². The molecule has 13 nitrogen and oxygen atoms in total. The second-order valence-electron chi connectivity index (χ2n) is 7.21. The van der Waals surface area contributed by atoms with Crippen LogP contribution in [0.1, 0.15) is 6.92 Å². The highest BCUT2D eigenvalue weighted by Crippen LogP contribution is 2.37. The highest BCUT2D eigenvalue weighted by atomic mass is 16.7. The Morgan fingerprint density at radius 2 is 1.69 bits per heavy atom. The maximum Gasteiger partial charge on any atom is 0.334 e. The summed E-state index contributed by atoms with van der Waals surface area (Å²) in [6, 6.07) is -3.00. The molecule has 2 unspecified atom stereocenters. The van der Waals surface area contributed by atoms with E-state index < -0.39 is 85.9 Å². The maximum absolute atomic E-state index is 11.7. The lowest BCUT2D eigenvalue weighted by molar-refractivity contribution is -0.374. The van der Waals surface area contributed by atoms with Crippen molar-refractivity contribution in [3.05, 3.63) is 0 Å². The summed E-state index contributed by atoms with van der Waals surface area (Å²) < 4.78 is 20.8. The van der Waals surface area contributed by atoms with Crippen LogP contribution in [0, 0.1) is 0 Å². The molecule has 11 atom stereocenters. The molecule has 0 bridgehead atoms. The summed E-state index contributed by atoms with van der Waals surface area (Å²) in [6.07, 6.45) is -11.7. The lowest BCUT2D eigenvalue weighted by Crippen LogP contribution is -2.78. The lowest BCUT2D eigenvalue weighted by atomic mass is 9.81. The third-order valence-electron chi connectivity index (χ3n) is 5.35. The summed E-state index contributed by atoms with van der Waals surface area (Å²) in [6.45, 7) is -0.143. The van der Waals surface area contributed by atoms with Crippen LogP contribution >= 0.6 is 0 Å². The van der Waals surface area contributed by atoms with Gasteiger partial charge >= 0.3 is 5.97 Å². The third kappa shape index (κ3) is 4.40. The van der Waals surface area contributed by atoms with E-state index >= 15 is 0 Å². The number of rotatable bonds is 6. The molecular formula is C16H30N2O11. The maximum atomic E-state index is 11.7. The van der Waals surface area contributed by atoms with Crippen molar-refractivity contribution in [2.45, 2.75) is 73.6 Å². The molecule has 29 heavy (non-hydrogen) atoms. The first-order valence-electron chi connectivity index (χ1n) is 9.09. The summed E-state index contributed by atoms with van der Waals surface area (Å²) in [5.41, 5.74) is 12.0. The van der Waals surface area contributed by atoms with E-state index in [4.69, 9.17) is 25.7 Å². The van der Waals surface area contributed by atoms with Crippen molar-refractivity contribution in [3.63, 3.8) is 0 Å². The molecular weight excluding hydrogens is 396 g/mol. The van der Waals surface area contributed by atoms with Crippen molar-refractivity contribution in [1.82, 2.24) is 0 Å². The van der Waals surface area contributed by atoms with Crippen molar-refractivity contribution in [1.29, 1.82) is 0 Å². The first-order valence-corrected chi connectivity index (χ1v) is 9.09. The van der Waals surface area contributed by atoms with Gasteiger partial charge in [0.25, 0.3) is 0 Å². The second-order valence-corrected chi connectivity index (χ2v) is 7.21. The number of nitrogens with two attached hydrogens (primary N) is 2. The lowest BCUT2D eigenvalue weighted by Gasteiger charge is -2.54. The molecule has 0 amide bonds. The van der Waals surface area contributed by atoms with Gasteiger partial charge in [0.05, 0.1) is 32.4 Å². The average Bonchev–Trinajstić information content (AvgIpc) is 2.71. The van der Waals surface area contributed by atoms with Crippen LogP contribution < -0.4 is 11.5 Å². The van der Waals surface area contributed by atoms with Gasteiger partial charge in [-0.15, -0.1) is 0 Å². The predicted octanol–water partition coefficient (Wildman–Crippen LogP) is -5.49. The zero-order chi connectivity index (χ0) is 22.1. The van der Waals surface area contributed by atoms with Crippen molar-refractivity contribution in [2.75, 3.05) is 20.3 Å². The summed E-state index contributed by atoms with van der Waals surface area (Å²) in [4.78, 5) is 11.7. The summed E-state index contributed by atoms with van der Waals surface area (Å²) in [5.74, 6) is -3.30. The molecule has 0 aromatic carbocycles. The second kappa shape index (κ2) is 9.45. The summed E-state index contributed by atoms with van der Waals surface area (Å²) in [5, 5.41) is 60.7. The minimum absolute atomic E-state index is 0.710. The third-order valence-corrected chi connectivity index (χ3v) is 5.35. The van der Waals surface area contributed by atoms with Crippen molar-refractivity contribution >= 4 is 5.97 Å². The molecule has 2 heterocycles. The van der Waals surface area contributed by atoms with Crippen molar-refractivity contribution in [3.8, 4) is 0 Å². The molecule has 2 saturated heterocycles. The number of hydrogen-bond acceptors (Lipinski definition) is 13. The van der Waals surface area contributed by atoms with Crippen LogP contribution in [-0.2, 0) is 23.7 Å². The van der Waals surface area contributed by atoms with Crippen LogP contribution in [0.2, 0.25) is 0 Å². The molecule has 0 spiro atoms. The number of carbonyl (C=O) groups is 1. The highest BCUT2D eigenvalue weighted by Gasteiger charge is 2.62. The van der Waals surface area contributed by atoms with Crippen LogP contribution in [0.3, 0.4) is 0 Å². The van der Waals surface area contributed by atoms with E-state index in [9.17, 15) is 35.4 Å². The Labute approximate surface area is 166 Å². The van der Waals surface area contributed by atoms with Gasteiger partial charge in [0.1, 0.15) is 42.7 Å². The minimum atomic E-state index is -2.53. The first-order chi connectivity index (χ1) is 13.5. The van der Waals surface area contributed by atoms with Crippen LogP contribution in [-0.4, -0.2) is 124 Å². The van der Waals surface area contributed by atoms with E-state index in [1.807, 2.05) is 0 Å². The van der Waals surface area contributed by atoms with Gasteiger partial charge in [0.2, 0.25) is 5.79 Å². The Morgan fingerprint density at radius 3 is 2.21 bits per heavy atom. The summed E-state index contributed by atoms with van der Waals surface area (Å²) in [7, 11) is 1.13. The molecule has 0 aromatic heterocycles. The van der Waals surface area contributed by atoms with Gasteiger partial charge in [-0.2, -0.15) is 0 Å². The zero-order valence-electron chi connectivity index (χ0n) is 16.1. The Balaban J connectivity index is 2.36. The monoisotopic (exact) mass is 426 g/mol. The Kier molecular flexibility index (Phi) is 7.92. The van der Waals surface area contributed by atoms with Gasteiger partial charge in [-0.1, -0.05) is 0 Å². The fraction of sp³-hybridized carbons (Fsp3) is 0.938. The molecule has 2 aliphatic rings. The smallest absolute Gasteiger partial charge is 0.334 e. The normalized spacial score (nSPS) is 46.9. The summed E-state index contributed by atoms with van der Waals surface area (Å²) >= 11 is 0. The Hall–Kier alpha value is -0.970. The van der Waals surface area contributed by atoms with Gasteiger partial charge in [-0.05, 0) is 6.92 Å². The fourth-order valence-electron chi connectivity index (χ4n) is 3.58. The van der Waals surface area contributed by atoms with E-state index in [1.54, 1.807) is 0 Å². The molecule has 0 aromatic rings. The first kappa shape index (κ1) is 24.3. The molecule has 0 aliphatic carbocycles. The number of ether oxygens (including phenoxy) is 4. The van der Waals surface area contributed by atoms with Crippen LogP contribution in [0.5, 0.6) is 0 Å². The molecule has 170 valence electrons. The van der Waals surface area contributed by atoms with Crippen LogP contribution in [0.4, 0.5) is 0 Å². The van der Waals surface area contributed by atoms with E-state index in [0.29, 0.717) is 0 Å². The Bertz CT molecular complexity index is 567. The van der Waals surface area contributed by atoms with Gasteiger partial charge in [0.15, 0.2) is 6.10 Å². The number of aliphatic hydroxyl groups is 6. The van der Waals surface area contributed by atoms with E-state index in [0.717, 1.165) is 7.11 Å². The van der Waals surface area contributed by atoms with Gasteiger partial charge < -0.3 is 61.1 Å². The molecule has 13 heteroatoms. The van der Waals surface area contributed by atoms with Gasteiger partial charge in [-0.25, -0.2) is 4.79 Å². The number of aliphatic hydroxyl groups excluding tert-OH is 5. The molecule has 2 rings (SSSR count). The number of methoxy groups -OCH3 is 1. The molecule has 0 saturated carbocycles. The van der Waals surface area contributed by atoms with Crippen molar-refractivity contribution in [2.24, 2.45) is 11.5 Å². The minimum Gasteiger partial charge on any atom is -0.467 e. The molecule has 0 radical (unpaired) electrons. The molecule has 2 fully saturated rings. The highest BCUT2D eigenvalue weighted by molar-refractivity contribution is 5.74. The largest absolute Gasteiger partial charge is 0.467 e. The number of carbonyl (C=O) groups excluding carboxylic acids is 1. The standard InChI is InChI=1S/C16H30N2O11/c1-5(15(24)26-2)27-12-10(22)7(4-20)29-16(25,13(12)18)14-8(17)11(23)9(21)6(3-19)28-14/h5-14,19-23,25H,3-4,17-18H2,1-2H3/t5-,6-,7-,8-,9-,10-,11-,12+,13-,14?,16?/m1/s1. The topological polar surface area (TPSA) is 227 Å². The molecule has 10 N–H and O–H groups in total. The van der Waals surface area contributed by atoms with Gasteiger partial charge in [-0.3, -0.25) is 0 Å². The quantitative estimate of drug-likeness (QED) is 0.186. The molecule has 2 aliphatic heterocycles. The van der Waals surface area contributed by atoms with E-state index in [2.05, 4.69) is 4.74 Å².